The number of hydrogen-bond acceptors (Lipinski definition) is 4. The molecule has 0 bridgehead atoms. The molecule has 0 saturated carbocycles. The Balaban J connectivity index is 2.60. The van der Waals surface area contributed by atoms with E-state index < -0.39 is 17.4 Å². The zero-order valence-corrected chi connectivity index (χ0v) is 7.14. The van der Waals surface area contributed by atoms with Crippen molar-refractivity contribution in [2.24, 2.45) is 0 Å². The average molecular weight is 196 g/mol. The van der Waals surface area contributed by atoms with Gasteiger partial charge in [-0.25, -0.2) is 0 Å². The highest BCUT2D eigenvalue weighted by Crippen LogP contribution is 2.14. The maximum Gasteiger partial charge on any atom is 0.296 e. The van der Waals surface area contributed by atoms with Crippen LogP contribution in [0.5, 0.6) is 5.75 Å². The van der Waals surface area contributed by atoms with E-state index in [2.05, 4.69) is 5.32 Å². The zero-order valence-electron chi connectivity index (χ0n) is 7.14. The molecule has 74 valence electrons. The predicted octanol–water partition coefficient (Wildman–Crippen LogP) is 0.607. The van der Waals surface area contributed by atoms with Crippen molar-refractivity contribution >= 4 is 11.6 Å². The SMILES string of the molecule is O=C(C[N+](=O)[O-])Nc1cccc(O)c1. The summed E-state index contributed by atoms with van der Waals surface area (Å²) >= 11 is 0. The number of carbonyl (C=O) groups excluding carboxylic acids is 1. The lowest BCUT2D eigenvalue weighted by molar-refractivity contribution is -0.467. The maximum absolute atomic E-state index is 10.9. The molecule has 0 atom stereocenters. The molecule has 2 N–H and O–H groups in total. The molecule has 1 aromatic carbocycles. The van der Waals surface area contributed by atoms with Crippen molar-refractivity contribution in [3.8, 4) is 5.75 Å². The van der Waals surface area contributed by atoms with Crippen LogP contribution in [0.1, 0.15) is 0 Å². The molecule has 0 spiro atoms. The first-order chi connectivity index (χ1) is 6.58. The monoisotopic (exact) mass is 196 g/mol. The van der Waals surface area contributed by atoms with Crippen LogP contribution in [-0.4, -0.2) is 22.5 Å². The predicted molar refractivity (Wildman–Crippen MR) is 48.6 cm³/mol. The van der Waals surface area contributed by atoms with Crippen molar-refractivity contribution in [3.63, 3.8) is 0 Å². The van der Waals surface area contributed by atoms with Crippen LogP contribution in [0.3, 0.4) is 0 Å². The van der Waals surface area contributed by atoms with Gasteiger partial charge in [0.05, 0.1) is 0 Å². The Morgan fingerprint density at radius 3 is 2.86 bits per heavy atom. The minimum absolute atomic E-state index is 0.0103. The number of nitro groups is 1. The molecule has 0 aliphatic heterocycles. The topological polar surface area (TPSA) is 92.5 Å². The number of hydrogen-bond donors (Lipinski definition) is 2. The third-order valence-electron chi connectivity index (χ3n) is 1.40. The number of benzene rings is 1. The van der Waals surface area contributed by atoms with Crippen molar-refractivity contribution in [1.82, 2.24) is 0 Å². The van der Waals surface area contributed by atoms with Gasteiger partial charge in [0.15, 0.2) is 0 Å². The van der Waals surface area contributed by atoms with Crippen LogP contribution >= 0.6 is 0 Å². The van der Waals surface area contributed by atoms with Gasteiger partial charge in [0.25, 0.3) is 12.5 Å². The molecule has 6 nitrogen and oxygen atoms in total. The molecule has 1 amide bonds. The Bertz CT molecular complexity index is 364. The van der Waals surface area contributed by atoms with E-state index in [0.717, 1.165) is 0 Å². The Kier molecular flexibility index (Phi) is 3.01. The van der Waals surface area contributed by atoms with E-state index in [4.69, 9.17) is 5.11 Å². The van der Waals surface area contributed by atoms with Gasteiger partial charge in [-0.15, -0.1) is 0 Å². The number of aromatic hydroxyl groups is 1. The van der Waals surface area contributed by atoms with Gasteiger partial charge in [-0.3, -0.25) is 14.9 Å². The first kappa shape index (κ1) is 9.97. The second kappa shape index (κ2) is 4.22. The van der Waals surface area contributed by atoms with Gasteiger partial charge in [-0.2, -0.15) is 0 Å². The highest BCUT2D eigenvalue weighted by molar-refractivity contribution is 5.91. The standard InChI is InChI=1S/C8H8N2O4/c11-7-3-1-2-6(4-7)9-8(12)5-10(13)14/h1-4,11H,5H2,(H,9,12). The summed E-state index contributed by atoms with van der Waals surface area (Å²) in [5.74, 6) is -0.732. The number of carbonyl (C=O) groups is 1. The lowest BCUT2D eigenvalue weighted by Gasteiger charge is -2.01. The number of nitrogens with one attached hydrogen (secondary N) is 1. The molecule has 0 radical (unpaired) electrons. The Morgan fingerprint density at radius 2 is 2.29 bits per heavy atom. The Morgan fingerprint density at radius 1 is 1.57 bits per heavy atom. The molecule has 0 unspecified atom stereocenters. The van der Waals surface area contributed by atoms with Crippen LogP contribution in [0.15, 0.2) is 24.3 Å². The minimum atomic E-state index is -0.782. The summed E-state index contributed by atoms with van der Waals surface area (Å²) < 4.78 is 0. The van der Waals surface area contributed by atoms with E-state index in [9.17, 15) is 14.9 Å². The van der Waals surface area contributed by atoms with Crippen LogP contribution in [-0.2, 0) is 4.79 Å². The number of nitrogens with zero attached hydrogens (tertiary/aromatic N) is 1. The summed E-state index contributed by atoms with van der Waals surface area (Å²) in [6, 6.07) is 5.79. The molecule has 14 heavy (non-hydrogen) atoms. The first-order valence-electron chi connectivity index (χ1n) is 3.78. The fourth-order valence-electron chi connectivity index (χ4n) is 0.901. The summed E-state index contributed by atoms with van der Waals surface area (Å²) in [5.41, 5.74) is 0.330. The lowest BCUT2D eigenvalue weighted by atomic mass is 10.3. The Labute approximate surface area is 79.3 Å². The van der Waals surface area contributed by atoms with E-state index in [0.29, 0.717) is 5.69 Å². The van der Waals surface area contributed by atoms with Gasteiger partial charge in [-0.05, 0) is 12.1 Å². The third kappa shape index (κ3) is 3.10. The van der Waals surface area contributed by atoms with E-state index in [1.54, 1.807) is 0 Å². The van der Waals surface area contributed by atoms with Crippen LogP contribution in [0.25, 0.3) is 0 Å². The highest BCUT2D eigenvalue weighted by Gasteiger charge is 2.09. The van der Waals surface area contributed by atoms with Gasteiger partial charge < -0.3 is 10.4 Å². The molecule has 0 aliphatic carbocycles. The smallest absolute Gasteiger partial charge is 0.296 e. The molecule has 0 aliphatic rings. The third-order valence-corrected chi connectivity index (χ3v) is 1.40. The summed E-state index contributed by atoms with van der Waals surface area (Å²) in [5, 5.41) is 21.3. The number of rotatable bonds is 3. The first-order valence-corrected chi connectivity index (χ1v) is 3.78. The van der Waals surface area contributed by atoms with Crippen molar-refractivity contribution in [3.05, 3.63) is 34.4 Å². The quantitative estimate of drug-likeness (QED) is 0.547. The number of phenolic OH excluding ortho intramolecular Hbond substituents is 1. The van der Waals surface area contributed by atoms with E-state index in [1.165, 1.54) is 24.3 Å². The van der Waals surface area contributed by atoms with Crippen LogP contribution in [0.4, 0.5) is 5.69 Å². The summed E-state index contributed by atoms with van der Waals surface area (Å²) in [7, 11) is 0. The molecule has 0 heterocycles. The second-order valence-corrected chi connectivity index (χ2v) is 2.59. The highest BCUT2D eigenvalue weighted by atomic mass is 16.6. The van der Waals surface area contributed by atoms with Crippen molar-refractivity contribution < 1.29 is 14.8 Å². The van der Waals surface area contributed by atoms with Gasteiger partial charge >= 0.3 is 0 Å². The lowest BCUT2D eigenvalue weighted by Crippen LogP contribution is -2.21. The maximum atomic E-state index is 10.9. The molecule has 1 rings (SSSR count). The second-order valence-electron chi connectivity index (χ2n) is 2.59. The number of anilines is 1. The number of amides is 1. The average Bonchev–Trinajstić information content (AvgIpc) is 2.01. The fraction of sp³-hybridized carbons (Fsp3) is 0.125. The summed E-state index contributed by atoms with van der Waals surface area (Å²) in [4.78, 5) is 20.1. The van der Waals surface area contributed by atoms with Gasteiger partial charge in [0, 0.05) is 16.7 Å². The minimum Gasteiger partial charge on any atom is -0.508 e. The van der Waals surface area contributed by atoms with Gasteiger partial charge in [0.2, 0.25) is 0 Å². The van der Waals surface area contributed by atoms with Crippen LogP contribution in [0.2, 0.25) is 0 Å². The van der Waals surface area contributed by atoms with Gasteiger partial charge in [-0.1, -0.05) is 6.07 Å². The van der Waals surface area contributed by atoms with Gasteiger partial charge in [0.1, 0.15) is 5.75 Å². The Hall–Kier alpha value is -2.11. The molecule has 0 aromatic heterocycles. The molecule has 0 saturated heterocycles. The fourth-order valence-corrected chi connectivity index (χ4v) is 0.901. The summed E-state index contributed by atoms with van der Waals surface area (Å²) in [6.45, 7) is -0.782. The molecular weight excluding hydrogens is 188 g/mol. The molecule has 0 fully saturated rings. The van der Waals surface area contributed by atoms with Crippen molar-refractivity contribution in [2.45, 2.75) is 0 Å². The molecular formula is C8H8N2O4. The van der Waals surface area contributed by atoms with Crippen LogP contribution < -0.4 is 5.32 Å². The van der Waals surface area contributed by atoms with Crippen molar-refractivity contribution in [1.29, 1.82) is 0 Å². The summed E-state index contributed by atoms with van der Waals surface area (Å²) in [6.07, 6.45) is 0. The molecule has 6 heteroatoms. The van der Waals surface area contributed by atoms with Crippen molar-refractivity contribution in [2.75, 3.05) is 11.9 Å². The van der Waals surface area contributed by atoms with E-state index in [-0.39, 0.29) is 5.75 Å². The van der Waals surface area contributed by atoms with E-state index >= 15 is 0 Å². The van der Waals surface area contributed by atoms with Crippen LogP contribution in [0, 0.1) is 10.1 Å². The molecule has 1 aromatic rings. The largest absolute Gasteiger partial charge is 0.508 e. The normalized spacial score (nSPS) is 9.43. The number of phenols is 1. The van der Waals surface area contributed by atoms with E-state index in [1.807, 2.05) is 0 Å². The zero-order chi connectivity index (χ0) is 10.6.